The third-order valence-corrected chi connectivity index (χ3v) is 10.0. The number of carbonyl (C=O) groups is 4. The lowest BCUT2D eigenvalue weighted by Crippen LogP contribution is -2.71. The SMILES string of the molecule is CCCCOC(=O)OCC(=O)[C@@]1(OC(=O)OC)[C@H](C)C[C@H]2[C@@H]3C[C@H](F)C4=CC(=O)C=C[C@]4(C)[C@@]3(F)[C@@H](O)C[C@@]21C. The van der Waals surface area contributed by atoms with Gasteiger partial charge in [-0.2, -0.15) is 0 Å². The van der Waals surface area contributed by atoms with Crippen LogP contribution in [0.25, 0.3) is 0 Å². The van der Waals surface area contributed by atoms with Crippen LogP contribution in [0.3, 0.4) is 0 Å². The van der Waals surface area contributed by atoms with Gasteiger partial charge in [0.05, 0.1) is 19.8 Å². The predicted octanol–water partition coefficient (Wildman–Crippen LogP) is 4.60. The Morgan fingerprint density at radius 3 is 2.48 bits per heavy atom. The van der Waals surface area contributed by atoms with Crippen molar-refractivity contribution in [2.75, 3.05) is 20.3 Å². The first-order valence-electron chi connectivity index (χ1n) is 13.8. The molecule has 4 rings (SSSR count). The van der Waals surface area contributed by atoms with Crippen molar-refractivity contribution in [2.24, 2.45) is 28.6 Å². The first kappa shape index (κ1) is 30.1. The van der Waals surface area contributed by atoms with Crippen LogP contribution in [0, 0.1) is 28.6 Å². The van der Waals surface area contributed by atoms with Crippen molar-refractivity contribution >= 4 is 23.9 Å². The predicted molar refractivity (Wildman–Crippen MR) is 137 cm³/mol. The molecule has 0 aromatic carbocycles. The number of halogens is 2. The number of ether oxygens (including phenoxy) is 4. The van der Waals surface area contributed by atoms with Crippen LogP contribution in [0.2, 0.25) is 0 Å². The Bertz CT molecular complexity index is 1140. The summed E-state index contributed by atoms with van der Waals surface area (Å²) in [4.78, 5) is 50.5. The first-order chi connectivity index (χ1) is 18.7. The first-order valence-corrected chi connectivity index (χ1v) is 13.8. The zero-order chi connectivity index (χ0) is 29.7. The van der Waals surface area contributed by atoms with Crippen molar-refractivity contribution in [1.82, 2.24) is 0 Å². The normalized spacial score (nSPS) is 41.6. The second-order valence-electron chi connectivity index (χ2n) is 12.0. The highest BCUT2D eigenvalue weighted by Gasteiger charge is 2.78. The molecule has 0 unspecified atom stereocenters. The molecule has 0 aliphatic heterocycles. The van der Waals surface area contributed by atoms with Gasteiger partial charge in [-0.05, 0) is 56.3 Å². The van der Waals surface area contributed by atoms with E-state index in [1.165, 1.54) is 19.1 Å². The van der Waals surface area contributed by atoms with Crippen molar-refractivity contribution in [1.29, 1.82) is 0 Å². The molecule has 3 fully saturated rings. The summed E-state index contributed by atoms with van der Waals surface area (Å²) < 4.78 is 53.6. The minimum atomic E-state index is -2.37. The van der Waals surface area contributed by atoms with Crippen LogP contribution in [0.1, 0.15) is 59.8 Å². The molecule has 11 heteroatoms. The number of alkyl halides is 2. The summed E-state index contributed by atoms with van der Waals surface area (Å²) >= 11 is 0. The Morgan fingerprint density at radius 1 is 1.12 bits per heavy atom. The summed E-state index contributed by atoms with van der Waals surface area (Å²) in [5.74, 6) is -3.76. The van der Waals surface area contributed by atoms with E-state index in [1.54, 1.807) is 13.8 Å². The van der Waals surface area contributed by atoms with E-state index in [4.69, 9.17) is 18.9 Å². The van der Waals surface area contributed by atoms with E-state index >= 15 is 8.78 Å². The molecular formula is C29H38F2O9. The number of rotatable bonds is 7. The molecule has 4 aliphatic rings. The Morgan fingerprint density at radius 2 is 1.82 bits per heavy atom. The molecule has 0 heterocycles. The lowest BCUT2D eigenvalue weighted by molar-refractivity contribution is -0.225. The van der Waals surface area contributed by atoms with Crippen LogP contribution in [0.5, 0.6) is 0 Å². The highest BCUT2D eigenvalue weighted by Crippen LogP contribution is 2.71. The monoisotopic (exact) mass is 568 g/mol. The summed E-state index contributed by atoms with van der Waals surface area (Å²) in [6.07, 6.45) is -1.09. The minimum absolute atomic E-state index is 0.0180. The van der Waals surface area contributed by atoms with Gasteiger partial charge in [-0.25, -0.2) is 18.4 Å². The number of allylic oxidation sites excluding steroid dienone is 4. The molecule has 222 valence electrons. The second-order valence-corrected chi connectivity index (χ2v) is 12.0. The van der Waals surface area contributed by atoms with Crippen molar-refractivity contribution in [3.8, 4) is 0 Å². The fraction of sp³-hybridized carbons (Fsp3) is 0.724. The maximum Gasteiger partial charge on any atom is 0.509 e. The third kappa shape index (κ3) is 4.18. The Balaban J connectivity index is 1.74. The lowest BCUT2D eigenvalue weighted by atomic mass is 9.44. The molecule has 9 nitrogen and oxygen atoms in total. The topological polar surface area (TPSA) is 125 Å². The van der Waals surface area contributed by atoms with E-state index in [2.05, 4.69) is 0 Å². The van der Waals surface area contributed by atoms with E-state index in [-0.39, 0.29) is 31.4 Å². The van der Waals surface area contributed by atoms with Crippen LogP contribution in [0.4, 0.5) is 18.4 Å². The molecule has 40 heavy (non-hydrogen) atoms. The molecular weight excluding hydrogens is 530 g/mol. The van der Waals surface area contributed by atoms with Gasteiger partial charge in [0.15, 0.2) is 23.7 Å². The second kappa shape index (κ2) is 10.5. The highest BCUT2D eigenvalue weighted by atomic mass is 19.1. The van der Waals surface area contributed by atoms with Gasteiger partial charge in [0.1, 0.15) is 6.17 Å². The van der Waals surface area contributed by atoms with Gasteiger partial charge in [-0.1, -0.05) is 33.3 Å². The summed E-state index contributed by atoms with van der Waals surface area (Å²) in [5, 5.41) is 11.5. The molecule has 0 saturated heterocycles. The molecule has 0 aromatic heterocycles. The number of aliphatic hydroxyl groups excluding tert-OH is 1. The maximum absolute atomic E-state index is 17.4. The van der Waals surface area contributed by atoms with Gasteiger partial charge in [-0.15, -0.1) is 0 Å². The van der Waals surface area contributed by atoms with Crippen molar-refractivity contribution in [3.05, 3.63) is 23.8 Å². The van der Waals surface area contributed by atoms with E-state index in [1.807, 2.05) is 6.92 Å². The highest BCUT2D eigenvalue weighted by molar-refractivity contribution is 6.01. The van der Waals surface area contributed by atoms with Gasteiger partial charge in [0.25, 0.3) is 0 Å². The number of Topliss-reactive ketones (excluding diaryl/α,β-unsaturated/α-hetero) is 1. The molecule has 0 spiro atoms. The van der Waals surface area contributed by atoms with Crippen molar-refractivity contribution in [2.45, 2.75) is 83.3 Å². The Labute approximate surface area is 232 Å². The maximum atomic E-state index is 17.4. The van der Waals surface area contributed by atoms with Gasteiger partial charge in [0.2, 0.25) is 5.78 Å². The van der Waals surface area contributed by atoms with E-state index in [0.29, 0.717) is 6.42 Å². The zero-order valence-electron chi connectivity index (χ0n) is 23.5. The number of ketones is 2. The smallest absolute Gasteiger partial charge is 0.438 e. The minimum Gasteiger partial charge on any atom is -0.438 e. The number of hydrogen-bond acceptors (Lipinski definition) is 9. The van der Waals surface area contributed by atoms with Crippen molar-refractivity contribution < 1.29 is 52.0 Å². The molecule has 0 amide bonds. The lowest BCUT2D eigenvalue weighted by Gasteiger charge is -2.63. The summed E-state index contributed by atoms with van der Waals surface area (Å²) in [5.41, 5.74) is -7.34. The standard InChI is InChI=1S/C29H38F2O9/c1-6-7-10-38-25(36)39-15-23(34)29(40-24(35)37-5)16(2)11-18-19-13-21(30)20-12-17(32)8-9-26(20,3)28(19,31)22(33)14-27(18,29)4/h8-9,12,16,18-19,21-22,33H,6-7,10-11,13-15H2,1-5H3/t16-,18+,19+,21+,22+,26+,27+,28+,29+/m1/s1. The number of aliphatic hydroxyl groups is 1. The van der Waals surface area contributed by atoms with Crippen LogP contribution in [-0.2, 0) is 28.5 Å². The summed E-state index contributed by atoms with van der Waals surface area (Å²) in [6.45, 7) is 5.97. The zero-order valence-corrected chi connectivity index (χ0v) is 23.5. The molecule has 0 radical (unpaired) electrons. The van der Waals surface area contributed by atoms with Crippen LogP contribution >= 0.6 is 0 Å². The number of methoxy groups -OCH3 is 1. The fourth-order valence-electron chi connectivity index (χ4n) is 8.14. The molecule has 0 aromatic rings. The largest absolute Gasteiger partial charge is 0.509 e. The quantitative estimate of drug-likeness (QED) is 0.347. The molecule has 9 atom stereocenters. The Hall–Kier alpha value is -2.82. The molecule has 1 N–H and O–H groups in total. The third-order valence-electron chi connectivity index (χ3n) is 10.0. The molecule has 0 bridgehead atoms. The average molecular weight is 569 g/mol. The van der Waals surface area contributed by atoms with E-state index < -0.39 is 82.6 Å². The van der Waals surface area contributed by atoms with E-state index in [0.717, 1.165) is 19.6 Å². The van der Waals surface area contributed by atoms with Gasteiger partial charge >= 0.3 is 12.3 Å². The van der Waals surface area contributed by atoms with Crippen molar-refractivity contribution in [3.63, 3.8) is 0 Å². The summed E-state index contributed by atoms with van der Waals surface area (Å²) in [6, 6.07) is 0. The average Bonchev–Trinajstić information content (AvgIpc) is 3.12. The number of hydrogen-bond donors (Lipinski definition) is 1. The number of fused-ring (bicyclic) bond motifs is 5. The van der Waals surface area contributed by atoms with E-state index in [9.17, 15) is 24.3 Å². The molecule has 3 saturated carbocycles. The number of unbranched alkanes of at least 4 members (excludes halogenated alkanes) is 1. The van der Waals surface area contributed by atoms with Gasteiger partial charge < -0.3 is 24.1 Å². The van der Waals surface area contributed by atoms with Gasteiger partial charge in [0, 0.05) is 22.7 Å². The molecule has 4 aliphatic carbocycles. The van der Waals surface area contributed by atoms with Crippen LogP contribution in [0.15, 0.2) is 23.8 Å². The summed E-state index contributed by atoms with van der Waals surface area (Å²) in [7, 11) is 1.07. The Kier molecular flexibility index (Phi) is 7.94. The van der Waals surface area contributed by atoms with Crippen LogP contribution < -0.4 is 0 Å². The van der Waals surface area contributed by atoms with Gasteiger partial charge in [-0.3, -0.25) is 9.59 Å². The van der Waals surface area contributed by atoms with Crippen LogP contribution in [-0.4, -0.2) is 72.9 Å². The fourth-order valence-corrected chi connectivity index (χ4v) is 8.14. The number of carbonyl (C=O) groups excluding carboxylic acids is 4.